The van der Waals surface area contributed by atoms with Crippen molar-refractivity contribution in [2.24, 2.45) is 0 Å². The number of ether oxygens (including phenoxy) is 2. The minimum absolute atomic E-state index is 0.0406. The van der Waals surface area contributed by atoms with E-state index in [1.165, 1.54) is 0 Å². The molecule has 2 aromatic carbocycles. The van der Waals surface area contributed by atoms with Gasteiger partial charge in [-0.1, -0.05) is 42.5 Å². The van der Waals surface area contributed by atoms with E-state index in [4.69, 9.17) is 9.47 Å². The second-order valence-corrected chi connectivity index (χ2v) is 7.32. The van der Waals surface area contributed by atoms with Crippen LogP contribution in [0.2, 0.25) is 0 Å². The summed E-state index contributed by atoms with van der Waals surface area (Å²) in [5, 5.41) is 0. The second-order valence-electron chi connectivity index (χ2n) is 7.32. The van der Waals surface area contributed by atoms with Crippen molar-refractivity contribution in [2.45, 2.75) is 32.5 Å². The topological polar surface area (TPSA) is 59.1 Å². The van der Waals surface area contributed by atoms with Gasteiger partial charge in [0.1, 0.15) is 13.2 Å². The number of aryl methyl sites for hydroxylation is 1. The van der Waals surface area contributed by atoms with Gasteiger partial charge in [0, 0.05) is 13.1 Å². The molecule has 2 aromatic rings. The third-order valence-corrected chi connectivity index (χ3v) is 5.24. The van der Waals surface area contributed by atoms with Crippen molar-refractivity contribution in [1.82, 2.24) is 4.90 Å². The maximum Gasteiger partial charge on any atom is 0.414 e. The standard InChI is InChI=1S/C22H24N2O4/c1-16-7-8-18-12-23(21(25)15-27-13-17-5-3-2-4-6-17)10-9-19-14-28-22(26)24(19)20(18)11-16/h2-8,11,19H,9-10,12-15H2,1H3/t19-/m0/s1. The lowest BCUT2D eigenvalue weighted by Crippen LogP contribution is -2.43. The molecule has 0 spiro atoms. The molecule has 6 nitrogen and oxygen atoms in total. The number of fused-ring (bicyclic) bond motifs is 3. The first-order valence-electron chi connectivity index (χ1n) is 9.57. The molecule has 0 N–H and O–H groups in total. The summed E-state index contributed by atoms with van der Waals surface area (Å²) in [6, 6.07) is 15.8. The fraction of sp³-hybridized carbons (Fsp3) is 0.364. The fourth-order valence-electron chi connectivity index (χ4n) is 3.72. The molecule has 4 rings (SSSR count). The molecule has 0 radical (unpaired) electrons. The molecule has 146 valence electrons. The first-order valence-corrected chi connectivity index (χ1v) is 9.57. The van der Waals surface area contributed by atoms with Crippen molar-refractivity contribution in [3.8, 4) is 0 Å². The molecule has 6 heteroatoms. The smallest absolute Gasteiger partial charge is 0.414 e. The van der Waals surface area contributed by atoms with Gasteiger partial charge in [0.15, 0.2) is 0 Å². The number of hydrogen-bond donors (Lipinski definition) is 0. The van der Waals surface area contributed by atoms with Crippen LogP contribution in [0.15, 0.2) is 48.5 Å². The Kier molecular flexibility index (Phi) is 5.30. The maximum absolute atomic E-state index is 12.8. The minimum Gasteiger partial charge on any atom is -0.447 e. The van der Waals surface area contributed by atoms with Crippen LogP contribution in [0.25, 0.3) is 0 Å². The first-order chi connectivity index (χ1) is 13.6. The van der Waals surface area contributed by atoms with E-state index in [1.54, 1.807) is 4.90 Å². The average Bonchev–Trinajstić information content (AvgIpc) is 3.05. The molecule has 1 saturated heterocycles. The van der Waals surface area contributed by atoms with Crippen molar-refractivity contribution >= 4 is 17.7 Å². The highest BCUT2D eigenvalue weighted by Gasteiger charge is 2.37. The number of benzene rings is 2. The fourth-order valence-corrected chi connectivity index (χ4v) is 3.72. The number of cyclic esters (lactones) is 1. The number of nitrogens with zero attached hydrogens (tertiary/aromatic N) is 2. The van der Waals surface area contributed by atoms with Gasteiger partial charge >= 0.3 is 6.09 Å². The summed E-state index contributed by atoms with van der Waals surface area (Å²) in [6.07, 6.45) is 0.381. The number of anilines is 1. The van der Waals surface area contributed by atoms with Crippen LogP contribution in [0.1, 0.15) is 23.1 Å². The summed E-state index contributed by atoms with van der Waals surface area (Å²) >= 11 is 0. The molecule has 2 aliphatic heterocycles. The lowest BCUT2D eigenvalue weighted by Gasteiger charge is -2.32. The first kappa shape index (κ1) is 18.5. The quantitative estimate of drug-likeness (QED) is 0.817. The molecule has 1 fully saturated rings. The zero-order valence-electron chi connectivity index (χ0n) is 16.0. The van der Waals surface area contributed by atoms with Gasteiger partial charge in [0.25, 0.3) is 0 Å². The van der Waals surface area contributed by atoms with Crippen LogP contribution in [-0.2, 0) is 27.4 Å². The van der Waals surface area contributed by atoms with E-state index in [0.29, 0.717) is 32.7 Å². The Bertz CT molecular complexity index is 868. The summed E-state index contributed by atoms with van der Waals surface area (Å²) in [5.74, 6) is -0.0406. The molecule has 0 unspecified atom stereocenters. The predicted octanol–water partition coefficient (Wildman–Crippen LogP) is 3.27. The average molecular weight is 380 g/mol. The summed E-state index contributed by atoms with van der Waals surface area (Å²) < 4.78 is 10.9. The Morgan fingerprint density at radius 1 is 1.21 bits per heavy atom. The van der Waals surface area contributed by atoms with Gasteiger partial charge in [-0.2, -0.15) is 0 Å². The largest absolute Gasteiger partial charge is 0.447 e. The Balaban J connectivity index is 1.48. The van der Waals surface area contributed by atoms with Gasteiger partial charge < -0.3 is 14.4 Å². The van der Waals surface area contributed by atoms with Gasteiger partial charge in [0.2, 0.25) is 5.91 Å². The summed E-state index contributed by atoms with van der Waals surface area (Å²) in [6.45, 7) is 3.84. The van der Waals surface area contributed by atoms with Crippen molar-refractivity contribution in [3.63, 3.8) is 0 Å². The summed E-state index contributed by atoms with van der Waals surface area (Å²) in [4.78, 5) is 28.6. The predicted molar refractivity (Wildman–Crippen MR) is 105 cm³/mol. The highest BCUT2D eigenvalue weighted by molar-refractivity contribution is 5.91. The molecule has 0 bridgehead atoms. The summed E-state index contributed by atoms with van der Waals surface area (Å²) in [7, 11) is 0. The Morgan fingerprint density at radius 2 is 2.04 bits per heavy atom. The van der Waals surface area contributed by atoms with Crippen LogP contribution in [0.5, 0.6) is 0 Å². The van der Waals surface area contributed by atoms with E-state index in [-0.39, 0.29) is 24.6 Å². The molecule has 0 saturated carbocycles. The van der Waals surface area contributed by atoms with E-state index in [1.807, 2.05) is 60.4 Å². The number of carbonyl (C=O) groups is 2. The molecule has 28 heavy (non-hydrogen) atoms. The third-order valence-electron chi connectivity index (χ3n) is 5.24. The van der Waals surface area contributed by atoms with E-state index < -0.39 is 0 Å². The van der Waals surface area contributed by atoms with Crippen molar-refractivity contribution in [3.05, 3.63) is 65.2 Å². The van der Waals surface area contributed by atoms with Crippen molar-refractivity contribution in [2.75, 3.05) is 24.7 Å². The normalized spacial score (nSPS) is 18.8. The molecule has 2 aliphatic rings. The van der Waals surface area contributed by atoms with Crippen molar-refractivity contribution < 1.29 is 19.1 Å². The van der Waals surface area contributed by atoms with Crippen LogP contribution in [0.3, 0.4) is 0 Å². The zero-order valence-corrected chi connectivity index (χ0v) is 16.0. The lowest BCUT2D eigenvalue weighted by molar-refractivity contribution is -0.137. The highest BCUT2D eigenvalue weighted by Crippen LogP contribution is 2.32. The second kappa shape index (κ2) is 8.02. The molecular weight excluding hydrogens is 356 g/mol. The van der Waals surface area contributed by atoms with E-state index >= 15 is 0 Å². The molecular formula is C22H24N2O4. The van der Waals surface area contributed by atoms with Gasteiger partial charge in [0.05, 0.1) is 18.3 Å². The lowest BCUT2D eigenvalue weighted by atomic mass is 10.0. The molecule has 2 heterocycles. The SMILES string of the molecule is Cc1ccc2c(c1)N1C(=O)OC[C@@H]1CCN(C(=O)COCc1ccccc1)C2. The highest BCUT2D eigenvalue weighted by atomic mass is 16.6. The monoisotopic (exact) mass is 380 g/mol. The van der Waals surface area contributed by atoms with E-state index in [9.17, 15) is 9.59 Å². The van der Waals surface area contributed by atoms with Gasteiger partial charge in [-0.15, -0.1) is 0 Å². The summed E-state index contributed by atoms with van der Waals surface area (Å²) in [5.41, 5.74) is 3.91. The number of carbonyl (C=O) groups excluding carboxylic acids is 2. The molecule has 0 aliphatic carbocycles. The molecule has 1 atom stereocenters. The van der Waals surface area contributed by atoms with Gasteiger partial charge in [-0.25, -0.2) is 4.79 Å². The molecule has 0 aromatic heterocycles. The molecule has 2 amide bonds. The van der Waals surface area contributed by atoms with Crippen LogP contribution < -0.4 is 4.90 Å². The van der Waals surface area contributed by atoms with Gasteiger partial charge in [-0.05, 0) is 36.1 Å². The maximum atomic E-state index is 12.8. The zero-order chi connectivity index (χ0) is 19.5. The van der Waals surface area contributed by atoms with Gasteiger partial charge in [-0.3, -0.25) is 9.69 Å². The number of amides is 2. The number of hydrogen-bond acceptors (Lipinski definition) is 4. The third kappa shape index (κ3) is 3.87. The van der Waals surface area contributed by atoms with E-state index in [2.05, 4.69) is 0 Å². The minimum atomic E-state index is -0.303. The van der Waals surface area contributed by atoms with Crippen molar-refractivity contribution in [1.29, 1.82) is 0 Å². The van der Waals surface area contributed by atoms with Crippen LogP contribution in [0.4, 0.5) is 10.5 Å². The Hall–Kier alpha value is -2.86. The Labute approximate surface area is 164 Å². The van der Waals surface area contributed by atoms with Crippen LogP contribution in [-0.4, -0.2) is 42.7 Å². The van der Waals surface area contributed by atoms with E-state index in [0.717, 1.165) is 22.4 Å². The van der Waals surface area contributed by atoms with Crippen LogP contribution >= 0.6 is 0 Å². The van der Waals surface area contributed by atoms with Crippen LogP contribution in [0, 0.1) is 6.92 Å². The Morgan fingerprint density at radius 3 is 2.86 bits per heavy atom. The number of rotatable bonds is 4.